The van der Waals surface area contributed by atoms with Gasteiger partial charge >= 0.3 is 0 Å². The Kier molecular flexibility index (Phi) is 4.86. The molecule has 0 amide bonds. The van der Waals surface area contributed by atoms with E-state index >= 15 is 0 Å². The molecule has 2 nitrogen and oxygen atoms in total. The molecule has 0 saturated carbocycles. The smallest absolute Gasteiger partial charge is 0.177 e. The molecule has 0 heterocycles. The van der Waals surface area contributed by atoms with Crippen LogP contribution < -0.4 is 0 Å². The topological polar surface area (TPSA) is 20.3 Å². The Balaban J connectivity index is 2.01. The monoisotopic (exact) mass is 285 g/mol. The lowest BCUT2D eigenvalue weighted by atomic mass is 10.0. The Morgan fingerprint density at radius 1 is 1.10 bits per heavy atom. The van der Waals surface area contributed by atoms with E-state index in [9.17, 15) is 9.18 Å². The summed E-state index contributed by atoms with van der Waals surface area (Å²) < 4.78 is 12.9. The predicted octanol–water partition coefficient (Wildman–Crippen LogP) is 3.76. The van der Waals surface area contributed by atoms with Gasteiger partial charge < -0.3 is 0 Å². The summed E-state index contributed by atoms with van der Waals surface area (Å²) in [5, 5.41) is 0. The summed E-state index contributed by atoms with van der Waals surface area (Å²) in [4.78, 5) is 14.3. The van der Waals surface area contributed by atoms with Crippen molar-refractivity contribution in [2.45, 2.75) is 20.4 Å². The minimum atomic E-state index is -0.243. The highest BCUT2D eigenvalue weighted by Crippen LogP contribution is 2.13. The lowest BCUT2D eigenvalue weighted by molar-refractivity contribution is 0.0942. The third kappa shape index (κ3) is 4.23. The van der Waals surface area contributed by atoms with Gasteiger partial charge in [-0.3, -0.25) is 9.69 Å². The van der Waals surface area contributed by atoms with E-state index in [4.69, 9.17) is 0 Å². The highest BCUT2D eigenvalue weighted by Gasteiger charge is 2.12. The minimum Gasteiger partial charge on any atom is -0.295 e. The van der Waals surface area contributed by atoms with Crippen LogP contribution in [-0.4, -0.2) is 24.3 Å². The Bertz CT molecular complexity index is 634. The Labute approximate surface area is 125 Å². The second kappa shape index (κ2) is 6.64. The Morgan fingerprint density at radius 2 is 1.76 bits per heavy atom. The van der Waals surface area contributed by atoms with Gasteiger partial charge in [0.15, 0.2) is 5.78 Å². The molecule has 0 aromatic heterocycles. The molecule has 0 aliphatic carbocycles. The first kappa shape index (κ1) is 15.4. The van der Waals surface area contributed by atoms with Crippen LogP contribution in [0.15, 0.2) is 42.5 Å². The first-order chi connectivity index (χ1) is 9.95. The van der Waals surface area contributed by atoms with Gasteiger partial charge in [0.2, 0.25) is 0 Å². The van der Waals surface area contributed by atoms with Crippen LogP contribution in [0.1, 0.15) is 27.0 Å². The Morgan fingerprint density at radius 3 is 2.43 bits per heavy atom. The largest absolute Gasteiger partial charge is 0.295 e. The number of rotatable bonds is 5. The van der Waals surface area contributed by atoms with E-state index < -0.39 is 0 Å². The molecule has 2 rings (SSSR count). The number of nitrogens with zero attached hydrogens (tertiary/aromatic N) is 1. The Hall–Kier alpha value is -2.00. The van der Waals surface area contributed by atoms with Crippen LogP contribution in [0.2, 0.25) is 0 Å². The second-order valence-corrected chi connectivity index (χ2v) is 5.54. The fourth-order valence-electron chi connectivity index (χ4n) is 2.32. The first-order valence-electron chi connectivity index (χ1n) is 6.99. The van der Waals surface area contributed by atoms with Crippen molar-refractivity contribution in [3.8, 4) is 0 Å². The van der Waals surface area contributed by atoms with E-state index in [-0.39, 0.29) is 11.6 Å². The van der Waals surface area contributed by atoms with Crippen molar-refractivity contribution in [1.29, 1.82) is 0 Å². The molecule has 110 valence electrons. The maximum absolute atomic E-state index is 12.9. The molecule has 0 fully saturated rings. The van der Waals surface area contributed by atoms with Gasteiger partial charge in [0, 0.05) is 12.1 Å². The van der Waals surface area contributed by atoms with Crippen LogP contribution >= 0.6 is 0 Å². The van der Waals surface area contributed by atoms with Crippen LogP contribution in [-0.2, 0) is 6.54 Å². The number of aryl methyl sites for hydroxylation is 2. The maximum Gasteiger partial charge on any atom is 0.177 e. The van der Waals surface area contributed by atoms with E-state index in [2.05, 4.69) is 0 Å². The molecule has 2 aromatic rings. The lowest BCUT2D eigenvalue weighted by Crippen LogP contribution is -2.26. The minimum absolute atomic E-state index is 0.112. The van der Waals surface area contributed by atoms with Crippen molar-refractivity contribution in [2.24, 2.45) is 0 Å². The molecule has 3 heteroatoms. The van der Waals surface area contributed by atoms with Crippen molar-refractivity contribution < 1.29 is 9.18 Å². The molecule has 0 aliphatic heterocycles. The van der Waals surface area contributed by atoms with Crippen molar-refractivity contribution in [2.75, 3.05) is 13.6 Å². The summed E-state index contributed by atoms with van der Waals surface area (Å²) in [6, 6.07) is 12.3. The van der Waals surface area contributed by atoms with Crippen LogP contribution in [0.4, 0.5) is 4.39 Å². The molecule has 0 bridgehead atoms. The molecular weight excluding hydrogens is 265 g/mol. The normalized spacial score (nSPS) is 10.9. The fraction of sp³-hybridized carbons (Fsp3) is 0.278. The summed E-state index contributed by atoms with van der Waals surface area (Å²) in [6.07, 6.45) is 0. The van der Waals surface area contributed by atoms with Crippen LogP contribution in [0.5, 0.6) is 0 Å². The van der Waals surface area contributed by atoms with E-state index in [0.717, 1.165) is 22.3 Å². The number of hydrogen-bond donors (Lipinski definition) is 0. The highest BCUT2D eigenvalue weighted by molar-refractivity contribution is 5.99. The summed E-state index contributed by atoms with van der Waals surface area (Å²) in [5.41, 5.74) is 3.86. The summed E-state index contributed by atoms with van der Waals surface area (Å²) in [7, 11) is 1.90. The second-order valence-electron chi connectivity index (χ2n) is 5.54. The van der Waals surface area contributed by atoms with E-state index in [1.165, 1.54) is 12.1 Å². The summed E-state index contributed by atoms with van der Waals surface area (Å²) in [5.74, 6) is -0.131. The zero-order chi connectivity index (χ0) is 15.4. The van der Waals surface area contributed by atoms with Crippen molar-refractivity contribution in [3.63, 3.8) is 0 Å². The number of carbonyl (C=O) groups is 1. The molecule has 0 aliphatic rings. The van der Waals surface area contributed by atoms with E-state index in [1.807, 2.05) is 44.0 Å². The van der Waals surface area contributed by atoms with E-state index in [0.29, 0.717) is 13.1 Å². The average Bonchev–Trinajstić information content (AvgIpc) is 2.44. The van der Waals surface area contributed by atoms with Crippen LogP contribution in [0.25, 0.3) is 0 Å². The van der Waals surface area contributed by atoms with Gasteiger partial charge in [0.1, 0.15) is 5.82 Å². The molecule has 0 radical (unpaired) electrons. The number of halogens is 1. The zero-order valence-corrected chi connectivity index (χ0v) is 12.7. The lowest BCUT2D eigenvalue weighted by Gasteiger charge is -2.16. The van der Waals surface area contributed by atoms with Crippen LogP contribution in [0, 0.1) is 19.7 Å². The van der Waals surface area contributed by atoms with Gasteiger partial charge in [-0.1, -0.05) is 29.8 Å². The number of Topliss-reactive ketones (excluding diaryl/α,β-unsaturated/α-hetero) is 1. The first-order valence-corrected chi connectivity index (χ1v) is 6.99. The van der Waals surface area contributed by atoms with Crippen molar-refractivity contribution >= 4 is 5.78 Å². The summed E-state index contributed by atoms with van der Waals surface area (Å²) >= 11 is 0. The number of benzene rings is 2. The third-order valence-electron chi connectivity index (χ3n) is 3.47. The molecule has 0 N–H and O–H groups in total. The quantitative estimate of drug-likeness (QED) is 0.780. The van der Waals surface area contributed by atoms with Crippen molar-refractivity contribution in [1.82, 2.24) is 4.90 Å². The predicted molar refractivity (Wildman–Crippen MR) is 83.0 cm³/mol. The molecular formula is C18H20FNO. The molecule has 0 spiro atoms. The van der Waals surface area contributed by atoms with Gasteiger partial charge in [-0.2, -0.15) is 0 Å². The maximum atomic E-state index is 12.9. The van der Waals surface area contributed by atoms with Crippen molar-refractivity contribution in [3.05, 3.63) is 70.5 Å². The third-order valence-corrected chi connectivity index (χ3v) is 3.47. The van der Waals surface area contributed by atoms with Gasteiger partial charge in [-0.15, -0.1) is 0 Å². The molecule has 2 aromatic carbocycles. The fourth-order valence-corrected chi connectivity index (χ4v) is 2.32. The number of hydrogen-bond acceptors (Lipinski definition) is 2. The molecule has 0 atom stereocenters. The SMILES string of the molecule is Cc1ccc(C)c(C(=O)CN(C)Cc2ccc(F)cc2)c1. The average molecular weight is 285 g/mol. The molecule has 0 saturated heterocycles. The molecule has 0 unspecified atom stereocenters. The zero-order valence-electron chi connectivity index (χ0n) is 12.7. The standard InChI is InChI=1S/C18H20FNO/c1-13-4-5-14(2)17(10-13)18(21)12-20(3)11-15-6-8-16(19)9-7-15/h4-10H,11-12H2,1-3H3. The molecule has 21 heavy (non-hydrogen) atoms. The number of ketones is 1. The van der Waals surface area contributed by atoms with Crippen LogP contribution in [0.3, 0.4) is 0 Å². The number of carbonyl (C=O) groups excluding carboxylic acids is 1. The summed E-state index contributed by atoms with van der Waals surface area (Å²) in [6.45, 7) is 4.91. The highest BCUT2D eigenvalue weighted by atomic mass is 19.1. The number of likely N-dealkylation sites (N-methyl/N-ethyl adjacent to an activating group) is 1. The van der Waals surface area contributed by atoms with E-state index in [1.54, 1.807) is 12.1 Å². The van der Waals surface area contributed by atoms with Gasteiger partial charge in [-0.25, -0.2) is 4.39 Å². The van der Waals surface area contributed by atoms with Gasteiger partial charge in [-0.05, 0) is 50.2 Å². The van der Waals surface area contributed by atoms with Gasteiger partial charge in [0.05, 0.1) is 6.54 Å². The van der Waals surface area contributed by atoms with Gasteiger partial charge in [0.25, 0.3) is 0 Å².